The molecule has 154 valence electrons. The Hall–Kier alpha value is -2.50. The number of alkyl halides is 3. The molecule has 0 radical (unpaired) electrons. The molecule has 2 rings (SSSR count). The molecular weight excluding hydrogens is 401 g/mol. The van der Waals surface area contributed by atoms with Gasteiger partial charge in [-0.3, -0.25) is 4.79 Å². The van der Waals surface area contributed by atoms with Gasteiger partial charge in [-0.15, -0.1) is 11.8 Å². The molecule has 0 spiro atoms. The van der Waals surface area contributed by atoms with E-state index in [4.69, 9.17) is 5.26 Å². The second-order valence-electron chi connectivity index (χ2n) is 7.11. The number of halogens is 3. The summed E-state index contributed by atoms with van der Waals surface area (Å²) in [5.74, 6) is -0.430. The fraction of sp³-hybridized carbons (Fsp3) is 0.333. The first-order chi connectivity index (χ1) is 13.4. The summed E-state index contributed by atoms with van der Waals surface area (Å²) < 4.78 is 39.2. The van der Waals surface area contributed by atoms with Crippen molar-refractivity contribution in [2.24, 2.45) is 0 Å². The maximum absolute atomic E-state index is 13.1. The molecule has 29 heavy (non-hydrogen) atoms. The first kappa shape index (κ1) is 22.8. The van der Waals surface area contributed by atoms with E-state index in [-0.39, 0.29) is 11.4 Å². The molecule has 0 saturated carbocycles. The van der Waals surface area contributed by atoms with E-state index in [1.165, 1.54) is 36.4 Å². The number of anilines is 1. The number of aliphatic hydroxyl groups is 1. The van der Waals surface area contributed by atoms with Gasteiger partial charge in [0.2, 0.25) is 0 Å². The number of hydrogen-bond acceptors (Lipinski definition) is 4. The van der Waals surface area contributed by atoms with Crippen molar-refractivity contribution in [2.45, 2.75) is 43.4 Å². The number of thioether (sulfide) groups is 1. The average Bonchev–Trinajstić information content (AvgIpc) is 2.66. The predicted octanol–water partition coefficient (Wildman–Crippen LogP) is 5.18. The van der Waals surface area contributed by atoms with E-state index in [1.54, 1.807) is 0 Å². The molecule has 0 aromatic heterocycles. The lowest BCUT2D eigenvalue weighted by molar-refractivity contribution is -0.137. The smallest absolute Gasteiger partial charge is 0.379 e. The zero-order chi connectivity index (χ0) is 21.8. The number of rotatable bonds is 6. The zero-order valence-corrected chi connectivity index (χ0v) is 17.0. The van der Waals surface area contributed by atoms with Crippen molar-refractivity contribution in [3.63, 3.8) is 0 Å². The van der Waals surface area contributed by atoms with E-state index in [9.17, 15) is 23.1 Å². The molecule has 4 nitrogen and oxygen atoms in total. The van der Waals surface area contributed by atoms with Crippen LogP contribution < -0.4 is 5.32 Å². The fourth-order valence-corrected chi connectivity index (χ4v) is 3.37. The van der Waals surface area contributed by atoms with Crippen LogP contribution in [0.5, 0.6) is 0 Å². The molecule has 1 atom stereocenters. The van der Waals surface area contributed by atoms with E-state index in [0.29, 0.717) is 12.0 Å². The average molecular weight is 422 g/mol. The number of nitrogens with one attached hydrogen (secondary N) is 1. The highest BCUT2D eigenvalue weighted by atomic mass is 32.2. The highest BCUT2D eigenvalue weighted by Crippen LogP contribution is 2.34. The van der Waals surface area contributed by atoms with Gasteiger partial charge in [0.15, 0.2) is 0 Å². The highest BCUT2D eigenvalue weighted by Gasteiger charge is 2.35. The number of carbonyl (C=O) groups excluding carboxylic acids is 1. The van der Waals surface area contributed by atoms with Crippen LogP contribution in [-0.4, -0.2) is 22.4 Å². The second kappa shape index (κ2) is 8.89. The lowest BCUT2D eigenvalue weighted by Crippen LogP contribution is -2.42. The predicted molar refractivity (Wildman–Crippen MR) is 107 cm³/mol. The lowest BCUT2D eigenvalue weighted by atomic mass is 10.0. The van der Waals surface area contributed by atoms with E-state index < -0.39 is 28.8 Å². The van der Waals surface area contributed by atoms with Crippen molar-refractivity contribution < 1.29 is 23.1 Å². The molecule has 8 heteroatoms. The van der Waals surface area contributed by atoms with Gasteiger partial charge in [-0.05, 0) is 48.7 Å². The van der Waals surface area contributed by atoms with Gasteiger partial charge in [0.05, 0.1) is 17.2 Å². The van der Waals surface area contributed by atoms with Crippen LogP contribution in [0.4, 0.5) is 18.9 Å². The van der Waals surface area contributed by atoms with Crippen molar-refractivity contribution in [3.05, 3.63) is 59.2 Å². The Morgan fingerprint density at radius 3 is 2.34 bits per heavy atom. The third-order valence-electron chi connectivity index (χ3n) is 4.26. The molecule has 2 aromatic rings. The van der Waals surface area contributed by atoms with Crippen LogP contribution >= 0.6 is 11.8 Å². The fourth-order valence-electron chi connectivity index (χ4n) is 2.46. The van der Waals surface area contributed by atoms with Gasteiger partial charge >= 0.3 is 6.18 Å². The number of carbonyl (C=O) groups is 1. The van der Waals surface area contributed by atoms with Gasteiger partial charge in [-0.2, -0.15) is 18.4 Å². The Morgan fingerprint density at radius 2 is 1.83 bits per heavy atom. The molecule has 0 aliphatic heterocycles. The summed E-state index contributed by atoms with van der Waals surface area (Å²) >= 11 is 1.27. The summed E-state index contributed by atoms with van der Waals surface area (Å²) in [6, 6.07) is 12.1. The van der Waals surface area contributed by atoms with E-state index in [2.05, 4.69) is 19.2 Å². The number of hydrogen-bond donors (Lipinski definition) is 2. The van der Waals surface area contributed by atoms with Gasteiger partial charge in [-0.1, -0.05) is 26.0 Å². The molecule has 1 amide bonds. The Morgan fingerprint density at radius 1 is 1.21 bits per heavy atom. The summed E-state index contributed by atoms with van der Waals surface area (Å²) in [7, 11) is 0. The number of nitrogens with zero attached hydrogens (tertiary/aromatic N) is 1. The molecule has 0 heterocycles. The minimum Gasteiger partial charge on any atom is -0.379 e. The summed E-state index contributed by atoms with van der Waals surface area (Å²) in [6.07, 6.45) is -4.73. The van der Waals surface area contributed by atoms with Gasteiger partial charge in [0.1, 0.15) is 5.60 Å². The van der Waals surface area contributed by atoms with Crippen LogP contribution in [0, 0.1) is 11.3 Å². The Bertz CT molecular complexity index is 917. The SMILES string of the molecule is CC(C)c1ccc(SCC(C)(O)C(=O)Nc2ccc(C#N)c(C(F)(F)F)c2)cc1. The first-order valence-corrected chi connectivity index (χ1v) is 9.80. The quantitative estimate of drug-likeness (QED) is 0.629. The standard InChI is InChI=1S/C21H21F3N2O2S/c1-13(2)14-5-8-17(9-6-14)29-12-20(3,28)19(27)26-16-7-4-15(11-25)18(10-16)21(22,23)24/h4-10,13,28H,12H2,1-3H3,(H,26,27). The van der Waals surface area contributed by atoms with Crippen LogP contribution in [0.2, 0.25) is 0 Å². The highest BCUT2D eigenvalue weighted by molar-refractivity contribution is 7.99. The van der Waals surface area contributed by atoms with Crippen LogP contribution in [0.1, 0.15) is 43.4 Å². The molecule has 2 aromatic carbocycles. The van der Waals surface area contributed by atoms with Crippen molar-refractivity contribution in [2.75, 3.05) is 11.1 Å². The maximum Gasteiger partial charge on any atom is 0.417 e. The van der Waals surface area contributed by atoms with Crippen LogP contribution in [-0.2, 0) is 11.0 Å². The van der Waals surface area contributed by atoms with Gasteiger partial charge in [-0.25, -0.2) is 0 Å². The normalized spacial score (nSPS) is 13.6. The first-order valence-electron chi connectivity index (χ1n) is 8.82. The lowest BCUT2D eigenvalue weighted by Gasteiger charge is -2.22. The van der Waals surface area contributed by atoms with Crippen molar-refractivity contribution in [1.82, 2.24) is 0 Å². The molecule has 0 saturated heterocycles. The minimum atomic E-state index is -4.73. The Kier molecular flexibility index (Phi) is 6.98. The van der Waals surface area contributed by atoms with Crippen LogP contribution in [0.15, 0.2) is 47.4 Å². The van der Waals surface area contributed by atoms with Gasteiger partial charge in [0.25, 0.3) is 5.91 Å². The molecule has 1 unspecified atom stereocenters. The largest absolute Gasteiger partial charge is 0.417 e. The molecule has 0 bridgehead atoms. The van der Waals surface area contributed by atoms with E-state index >= 15 is 0 Å². The molecule has 0 fully saturated rings. The van der Waals surface area contributed by atoms with Crippen molar-refractivity contribution in [3.8, 4) is 6.07 Å². The van der Waals surface area contributed by atoms with Gasteiger partial charge < -0.3 is 10.4 Å². The summed E-state index contributed by atoms with van der Waals surface area (Å²) in [4.78, 5) is 13.3. The van der Waals surface area contributed by atoms with Crippen LogP contribution in [0.3, 0.4) is 0 Å². The number of benzene rings is 2. The third-order valence-corrected chi connectivity index (χ3v) is 5.57. The monoisotopic (exact) mass is 422 g/mol. The zero-order valence-electron chi connectivity index (χ0n) is 16.2. The van der Waals surface area contributed by atoms with E-state index in [1.807, 2.05) is 24.3 Å². The molecule has 0 aliphatic rings. The minimum absolute atomic E-state index is 0.0161. The Labute approximate surface area is 171 Å². The molecule has 2 N–H and O–H groups in total. The van der Waals surface area contributed by atoms with Crippen molar-refractivity contribution in [1.29, 1.82) is 5.26 Å². The second-order valence-corrected chi connectivity index (χ2v) is 8.16. The summed E-state index contributed by atoms with van der Waals surface area (Å²) in [5.41, 5.74) is -2.47. The van der Waals surface area contributed by atoms with Crippen LogP contribution in [0.25, 0.3) is 0 Å². The molecule has 0 aliphatic carbocycles. The summed E-state index contributed by atoms with van der Waals surface area (Å²) in [6.45, 7) is 5.45. The van der Waals surface area contributed by atoms with E-state index in [0.717, 1.165) is 11.0 Å². The summed E-state index contributed by atoms with van der Waals surface area (Å²) in [5, 5.41) is 21.6. The number of amides is 1. The Balaban J connectivity index is 2.08. The topological polar surface area (TPSA) is 73.1 Å². The third kappa shape index (κ3) is 5.99. The number of nitriles is 1. The molecular formula is C21H21F3N2O2S. The van der Waals surface area contributed by atoms with Gasteiger partial charge in [0, 0.05) is 16.3 Å². The van der Waals surface area contributed by atoms with Crippen molar-refractivity contribution >= 4 is 23.4 Å². The maximum atomic E-state index is 13.1.